The van der Waals surface area contributed by atoms with Crippen molar-refractivity contribution in [2.75, 3.05) is 0 Å². The Morgan fingerprint density at radius 1 is 0.680 bits per heavy atom. The molecule has 0 unspecified atom stereocenters. The van der Waals surface area contributed by atoms with Crippen molar-refractivity contribution in [1.82, 2.24) is 0 Å². The number of aliphatic hydroxyl groups excluding tert-OH is 1. The molecule has 0 saturated heterocycles. The Balaban J connectivity index is 3.33. The molecule has 25 heavy (non-hydrogen) atoms. The van der Waals surface area contributed by atoms with Crippen LogP contribution in [0.25, 0.3) is 0 Å². The summed E-state index contributed by atoms with van der Waals surface area (Å²) < 4.78 is 0. The van der Waals surface area contributed by atoms with Crippen molar-refractivity contribution >= 4 is 5.91 Å². The average molecular weight is 354 g/mol. The number of allylic oxidation sites excluding steroid dienone is 1. The molecule has 0 aliphatic rings. The van der Waals surface area contributed by atoms with Crippen LogP contribution < -0.4 is 5.73 Å². The first-order valence-electron chi connectivity index (χ1n) is 10.8. The molecule has 0 saturated carbocycles. The molecule has 148 valence electrons. The van der Waals surface area contributed by atoms with Crippen molar-refractivity contribution in [2.24, 2.45) is 5.73 Å². The maximum Gasteiger partial charge on any atom is 0.247 e. The van der Waals surface area contributed by atoms with Crippen LogP contribution in [0.3, 0.4) is 0 Å². The molecule has 0 radical (unpaired) electrons. The fourth-order valence-corrected chi connectivity index (χ4v) is 3.34. The predicted octanol–water partition coefficient (Wildman–Crippen LogP) is 6.96. The highest BCUT2D eigenvalue weighted by Gasteiger charge is 2.09. The minimum Gasteiger partial charge on any atom is -0.512 e. The number of hydrogen-bond acceptors (Lipinski definition) is 2. The van der Waals surface area contributed by atoms with E-state index in [1.165, 1.54) is 83.5 Å². The molecule has 3 heteroatoms. The fourth-order valence-electron chi connectivity index (χ4n) is 3.34. The maximum atomic E-state index is 11.1. The zero-order valence-corrected chi connectivity index (χ0v) is 17.0. The monoisotopic (exact) mass is 353 g/mol. The van der Waals surface area contributed by atoms with E-state index in [9.17, 15) is 9.90 Å². The number of carbonyl (C=O) groups excluding carboxylic acids is 1. The van der Waals surface area contributed by atoms with E-state index in [1.807, 2.05) is 6.92 Å². The highest BCUT2D eigenvalue weighted by atomic mass is 16.3. The van der Waals surface area contributed by atoms with Crippen molar-refractivity contribution in [3.05, 3.63) is 11.3 Å². The summed E-state index contributed by atoms with van der Waals surface area (Å²) >= 11 is 0. The fraction of sp³-hybridized carbons (Fsp3) is 0.864. The molecule has 0 aromatic carbocycles. The minimum atomic E-state index is -0.485. The summed E-state index contributed by atoms with van der Waals surface area (Å²) in [6, 6.07) is 0. The molecule has 0 spiro atoms. The van der Waals surface area contributed by atoms with E-state index < -0.39 is 5.91 Å². The lowest BCUT2D eigenvalue weighted by molar-refractivity contribution is -0.114. The zero-order chi connectivity index (χ0) is 18.8. The highest BCUT2D eigenvalue weighted by molar-refractivity contribution is 5.92. The van der Waals surface area contributed by atoms with Gasteiger partial charge in [-0.2, -0.15) is 0 Å². The normalized spacial score (nSPS) is 12.2. The summed E-state index contributed by atoms with van der Waals surface area (Å²) in [7, 11) is 0. The van der Waals surface area contributed by atoms with Gasteiger partial charge in [0.25, 0.3) is 0 Å². The van der Waals surface area contributed by atoms with E-state index in [2.05, 4.69) is 6.92 Å². The second kappa shape index (κ2) is 17.8. The molecule has 0 aliphatic heterocycles. The molecule has 3 N–H and O–H groups in total. The van der Waals surface area contributed by atoms with Crippen molar-refractivity contribution in [2.45, 2.75) is 123 Å². The Hall–Kier alpha value is -0.990. The molecule has 0 heterocycles. The molecule has 0 aliphatic carbocycles. The number of primary amides is 1. The van der Waals surface area contributed by atoms with E-state index in [1.54, 1.807) is 0 Å². The van der Waals surface area contributed by atoms with Crippen LogP contribution >= 0.6 is 0 Å². The van der Waals surface area contributed by atoms with Crippen LogP contribution in [0.4, 0.5) is 0 Å². The molecule has 0 fully saturated rings. The standard InChI is InChI=1S/C22H43NO2/c1-3-5-6-7-8-9-10-11-12-13-14-15-16-17-18-19-21(24)20(4-2)22(23)25/h24H,3-19H2,1-2H3,(H2,23,25)/b21-20+. The molecule has 0 aromatic rings. The summed E-state index contributed by atoms with van der Waals surface area (Å²) in [6.45, 7) is 4.12. The number of aliphatic hydroxyl groups is 1. The van der Waals surface area contributed by atoms with Gasteiger partial charge in [0.2, 0.25) is 5.91 Å². The molecule has 0 bridgehead atoms. The van der Waals surface area contributed by atoms with E-state index in [4.69, 9.17) is 5.73 Å². The largest absolute Gasteiger partial charge is 0.512 e. The Morgan fingerprint density at radius 3 is 1.36 bits per heavy atom. The number of carbonyl (C=O) groups is 1. The van der Waals surface area contributed by atoms with Gasteiger partial charge < -0.3 is 10.8 Å². The van der Waals surface area contributed by atoms with Crippen molar-refractivity contribution in [3.63, 3.8) is 0 Å². The molecule has 0 aromatic heterocycles. The van der Waals surface area contributed by atoms with E-state index >= 15 is 0 Å². The second-order valence-electron chi connectivity index (χ2n) is 7.34. The Kier molecular flexibility index (Phi) is 17.1. The van der Waals surface area contributed by atoms with Crippen molar-refractivity contribution in [3.8, 4) is 0 Å². The van der Waals surface area contributed by atoms with Gasteiger partial charge >= 0.3 is 0 Å². The van der Waals surface area contributed by atoms with Gasteiger partial charge in [0.05, 0.1) is 5.57 Å². The summed E-state index contributed by atoms with van der Waals surface area (Å²) in [5.74, 6) is -0.286. The van der Waals surface area contributed by atoms with Gasteiger partial charge in [-0.1, -0.05) is 104 Å². The van der Waals surface area contributed by atoms with Crippen LogP contribution in [-0.4, -0.2) is 11.0 Å². The van der Waals surface area contributed by atoms with Gasteiger partial charge in [-0.3, -0.25) is 4.79 Å². The number of unbranched alkanes of at least 4 members (excludes halogenated alkanes) is 14. The predicted molar refractivity (Wildman–Crippen MR) is 109 cm³/mol. The lowest BCUT2D eigenvalue weighted by Gasteiger charge is -2.06. The first-order chi connectivity index (χ1) is 12.1. The first kappa shape index (κ1) is 24.0. The third-order valence-corrected chi connectivity index (χ3v) is 5.02. The van der Waals surface area contributed by atoms with Crippen LogP contribution in [0.2, 0.25) is 0 Å². The number of hydrogen-bond donors (Lipinski definition) is 2. The van der Waals surface area contributed by atoms with Crippen LogP contribution in [0.5, 0.6) is 0 Å². The molecule has 0 rings (SSSR count). The summed E-state index contributed by atoms with van der Waals surface area (Å²) in [5, 5.41) is 9.86. The SMILES string of the molecule is CCCCCCCCCCCCCCCCC/C(O)=C(/CC)C(N)=O. The zero-order valence-electron chi connectivity index (χ0n) is 17.0. The van der Waals surface area contributed by atoms with Crippen molar-refractivity contribution in [1.29, 1.82) is 0 Å². The quantitative estimate of drug-likeness (QED) is 0.159. The summed E-state index contributed by atoms with van der Waals surface area (Å²) in [6.07, 6.45) is 21.0. The molecule has 3 nitrogen and oxygen atoms in total. The minimum absolute atomic E-state index is 0.199. The van der Waals surface area contributed by atoms with Gasteiger partial charge in [0.1, 0.15) is 5.76 Å². The summed E-state index contributed by atoms with van der Waals surface area (Å²) in [4.78, 5) is 11.1. The van der Waals surface area contributed by atoms with Crippen LogP contribution in [-0.2, 0) is 4.79 Å². The second-order valence-corrected chi connectivity index (χ2v) is 7.34. The first-order valence-corrected chi connectivity index (χ1v) is 10.8. The molecule has 0 atom stereocenters. The Bertz CT molecular complexity index is 350. The van der Waals surface area contributed by atoms with Crippen LogP contribution in [0.15, 0.2) is 11.3 Å². The average Bonchev–Trinajstić information content (AvgIpc) is 2.58. The van der Waals surface area contributed by atoms with Crippen molar-refractivity contribution < 1.29 is 9.90 Å². The van der Waals surface area contributed by atoms with Gasteiger partial charge in [-0.25, -0.2) is 0 Å². The highest BCUT2D eigenvalue weighted by Crippen LogP contribution is 2.16. The van der Waals surface area contributed by atoms with Gasteiger partial charge in [0, 0.05) is 6.42 Å². The van der Waals surface area contributed by atoms with E-state index in [0.717, 1.165) is 12.8 Å². The number of amides is 1. The Morgan fingerprint density at radius 2 is 1.04 bits per heavy atom. The molecular formula is C22H43NO2. The third-order valence-electron chi connectivity index (χ3n) is 5.02. The Labute approximate surface area is 156 Å². The van der Waals surface area contributed by atoms with Crippen LogP contribution in [0, 0.1) is 0 Å². The topological polar surface area (TPSA) is 63.3 Å². The molecular weight excluding hydrogens is 310 g/mol. The van der Waals surface area contributed by atoms with E-state index in [-0.39, 0.29) is 5.76 Å². The summed E-state index contributed by atoms with van der Waals surface area (Å²) in [5.41, 5.74) is 5.64. The third kappa shape index (κ3) is 15.0. The maximum absolute atomic E-state index is 11.1. The molecule has 1 amide bonds. The van der Waals surface area contributed by atoms with Crippen LogP contribution in [0.1, 0.15) is 123 Å². The van der Waals surface area contributed by atoms with Gasteiger partial charge in [-0.05, 0) is 12.8 Å². The van der Waals surface area contributed by atoms with E-state index in [0.29, 0.717) is 18.4 Å². The lowest BCUT2D eigenvalue weighted by atomic mass is 10.0. The van der Waals surface area contributed by atoms with Gasteiger partial charge in [-0.15, -0.1) is 0 Å². The smallest absolute Gasteiger partial charge is 0.247 e. The number of nitrogens with two attached hydrogens (primary N) is 1. The lowest BCUT2D eigenvalue weighted by Crippen LogP contribution is -2.15. The van der Waals surface area contributed by atoms with Gasteiger partial charge in [0.15, 0.2) is 0 Å². The number of rotatable bonds is 18.